The van der Waals surface area contributed by atoms with Gasteiger partial charge in [-0.15, -0.1) is 0 Å². The Kier molecular flexibility index (Phi) is 6.16. The summed E-state index contributed by atoms with van der Waals surface area (Å²) in [6.07, 6.45) is 1.33. The number of thiocarbonyl (C=S) groups is 1. The van der Waals surface area contributed by atoms with Crippen molar-refractivity contribution in [2.24, 2.45) is 0 Å². The summed E-state index contributed by atoms with van der Waals surface area (Å²) in [7, 11) is 0. The number of benzene rings is 2. The maximum absolute atomic E-state index is 12.3. The number of amides is 2. The van der Waals surface area contributed by atoms with Crippen LogP contribution in [0.1, 0.15) is 21.7 Å². The molecular weight excluding hydrogens is 452 g/mol. The summed E-state index contributed by atoms with van der Waals surface area (Å²) < 4.78 is 11.0. The lowest BCUT2D eigenvalue weighted by atomic mass is 10.1. The molecule has 1 aliphatic heterocycles. The standard InChI is InChI=1S/C23H15ClN2O5S/c24-16-3-1-2-13(10-16)12-30-22(29)15-6-4-14(5-7-15)19-9-8-17(31-19)11-18-20(27)25-23(32)26-21(18)28/h1-11H,12H2,(H2,25,26,27,28,32). The number of hydrogen-bond donors (Lipinski definition) is 2. The van der Waals surface area contributed by atoms with Gasteiger partial charge >= 0.3 is 5.97 Å². The molecule has 0 radical (unpaired) electrons. The number of rotatable bonds is 5. The average molecular weight is 467 g/mol. The number of hydrogen-bond acceptors (Lipinski definition) is 6. The number of carbonyl (C=O) groups is 3. The maximum Gasteiger partial charge on any atom is 0.338 e. The molecule has 1 aromatic heterocycles. The van der Waals surface area contributed by atoms with E-state index in [1.54, 1.807) is 54.6 Å². The average Bonchev–Trinajstić information content (AvgIpc) is 3.23. The molecule has 9 heteroatoms. The lowest BCUT2D eigenvalue weighted by Crippen LogP contribution is -2.51. The van der Waals surface area contributed by atoms with Crippen LogP contribution in [0.3, 0.4) is 0 Å². The van der Waals surface area contributed by atoms with Gasteiger partial charge in [0, 0.05) is 10.6 Å². The summed E-state index contributed by atoms with van der Waals surface area (Å²) in [5, 5.41) is 5.25. The Hall–Kier alpha value is -3.75. The van der Waals surface area contributed by atoms with Gasteiger partial charge in [-0.25, -0.2) is 4.79 Å². The Morgan fingerprint density at radius 2 is 1.75 bits per heavy atom. The summed E-state index contributed by atoms with van der Waals surface area (Å²) in [5.74, 6) is -0.843. The zero-order valence-electron chi connectivity index (χ0n) is 16.4. The fourth-order valence-electron chi connectivity index (χ4n) is 2.96. The quantitative estimate of drug-likeness (QED) is 0.256. The Bertz CT molecular complexity index is 1240. The van der Waals surface area contributed by atoms with Crippen molar-refractivity contribution >= 4 is 52.8 Å². The second-order valence-electron chi connectivity index (χ2n) is 6.78. The van der Waals surface area contributed by atoms with Crippen LogP contribution in [0.4, 0.5) is 0 Å². The number of esters is 1. The highest BCUT2D eigenvalue weighted by Crippen LogP contribution is 2.24. The Morgan fingerprint density at radius 3 is 2.44 bits per heavy atom. The van der Waals surface area contributed by atoms with E-state index in [1.807, 2.05) is 6.07 Å². The Balaban J connectivity index is 1.43. The van der Waals surface area contributed by atoms with Gasteiger partial charge in [0.2, 0.25) is 0 Å². The topological polar surface area (TPSA) is 97.6 Å². The van der Waals surface area contributed by atoms with E-state index in [-0.39, 0.29) is 17.3 Å². The van der Waals surface area contributed by atoms with Gasteiger partial charge in [0.1, 0.15) is 23.7 Å². The van der Waals surface area contributed by atoms with Crippen molar-refractivity contribution in [1.29, 1.82) is 0 Å². The van der Waals surface area contributed by atoms with Crippen molar-refractivity contribution in [3.05, 3.63) is 88.1 Å². The smallest absolute Gasteiger partial charge is 0.338 e. The van der Waals surface area contributed by atoms with Gasteiger partial charge in [0.15, 0.2) is 5.11 Å². The molecule has 160 valence electrons. The molecule has 2 N–H and O–H groups in total. The Morgan fingerprint density at radius 1 is 1.03 bits per heavy atom. The second kappa shape index (κ2) is 9.17. The van der Waals surface area contributed by atoms with E-state index in [2.05, 4.69) is 10.6 Å². The number of ether oxygens (including phenoxy) is 1. The second-order valence-corrected chi connectivity index (χ2v) is 7.63. The molecule has 0 bridgehead atoms. The fourth-order valence-corrected chi connectivity index (χ4v) is 3.36. The van der Waals surface area contributed by atoms with E-state index in [0.29, 0.717) is 27.7 Å². The van der Waals surface area contributed by atoms with Crippen LogP contribution in [0.5, 0.6) is 0 Å². The molecule has 4 rings (SSSR count). The van der Waals surface area contributed by atoms with Crippen LogP contribution in [0.2, 0.25) is 5.02 Å². The highest BCUT2D eigenvalue weighted by atomic mass is 35.5. The van der Waals surface area contributed by atoms with Crippen LogP contribution in [0, 0.1) is 0 Å². The van der Waals surface area contributed by atoms with Crippen LogP contribution in [0.25, 0.3) is 17.4 Å². The van der Waals surface area contributed by atoms with Gasteiger partial charge < -0.3 is 9.15 Å². The van der Waals surface area contributed by atoms with Gasteiger partial charge in [0.05, 0.1) is 5.56 Å². The van der Waals surface area contributed by atoms with Crippen LogP contribution in [-0.2, 0) is 20.9 Å². The molecule has 1 fully saturated rings. The predicted molar refractivity (Wildman–Crippen MR) is 122 cm³/mol. The van der Waals surface area contributed by atoms with E-state index in [4.69, 9.17) is 33.0 Å². The summed E-state index contributed by atoms with van der Waals surface area (Å²) >= 11 is 10.7. The minimum Gasteiger partial charge on any atom is -0.457 e. The van der Waals surface area contributed by atoms with Gasteiger partial charge in [-0.2, -0.15) is 0 Å². The van der Waals surface area contributed by atoms with Gasteiger partial charge in [0.25, 0.3) is 11.8 Å². The SMILES string of the molecule is O=C1NC(=S)NC(=O)C1=Cc1ccc(-c2ccc(C(=O)OCc3cccc(Cl)c3)cc2)o1. The highest BCUT2D eigenvalue weighted by molar-refractivity contribution is 7.80. The van der Waals surface area contributed by atoms with Gasteiger partial charge in [-0.1, -0.05) is 35.9 Å². The molecule has 0 atom stereocenters. The van der Waals surface area contributed by atoms with Crippen molar-refractivity contribution in [3.63, 3.8) is 0 Å². The molecule has 2 heterocycles. The first-order chi connectivity index (χ1) is 15.4. The Labute approximate surface area is 193 Å². The van der Waals surface area contributed by atoms with E-state index < -0.39 is 17.8 Å². The monoisotopic (exact) mass is 466 g/mol. The molecule has 1 saturated heterocycles. The summed E-state index contributed by atoms with van der Waals surface area (Å²) in [4.78, 5) is 36.2. The van der Waals surface area contributed by atoms with Crippen molar-refractivity contribution in [2.75, 3.05) is 0 Å². The van der Waals surface area contributed by atoms with E-state index >= 15 is 0 Å². The number of carbonyl (C=O) groups excluding carboxylic acids is 3. The molecule has 0 unspecified atom stereocenters. The molecule has 3 aromatic rings. The van der Waals surface area contributed by atoms with Crippen LogP contribution >= 0.6 is 23.8 Å². The molecule has 2 amide bonds. The normalized spacial score (nSPS) is 13.4. The lowest BCUT2D eigenvalue weighted by Gasteiger charge is -2.15. The van der Waals surface area contributed by atoms with Gasteiger partial charge in [-0.3, -0.25) is 20.2 Å². The lowest BCUT2D eigenvalue weighted by molar-refractivity contribution is -0.123. The van der Waals surface area contributed by atoms with Crippen molar-refractivity contribution in [3.8, 4) is 11.3 Å². The zero-order valence-corrected chi connectivity index (χ0v) is 18.0. The van der Waals surface area contributed by atoms with Crippen molar-refractivity contribution in [2.45, 2.75) is 6.61 Å². The molecule has 1 aliphatic rings. The maximum atomic E-state index is 12.3. The van der Waals surface area contributed by atoms with E-state index in [9.17, 15) is 14.4 Å². The minimum atomic E-state index is -0.600. The van der Waals surface area contributed by atoms with Crippen molar-refractivity contribution < 1.29 is 23.5 Å². The largest absolute Gasteiger partial charge is 0.457 e. The first-order valence-corrected chi connectivity index (χ1v) is 10.2. The fraction of sp³-hybridized carbons (Fsp3) is 0.0435. The minimum absolute atomic E-state index is 0.0385. The summed E-state index contributed by atoms with van der Waals surface area (Å²) in [5.41, 5.74) is 1.77. The van der Waals surface area contributed by atoms with E-state index in [1.165, 1.54) is 6.08 Å². The van der Waals surface area contributed by atoms with Crippen LogP contribution in [0.15, 0.2) is 70.7 Å². The highest BCUT2D eigenvalue weighted by Gasteiger charge is 2.26. The molecule has 7 nitrogen and oxygen atoms in total. The summed E-state index contributed by atoms with van der Waals surface area (Å²) in [6, 6.07) is 17.1. The van der Waals surface area contributed by atoms with Crippen LogP contribution in [-0.4, -0.2) is 22.9 Å². The third-order valence-corrected chi connectivity index (χ3v) is 4.96. The first-order valence-electron chi connectivity index (χ1n) is 9.39. The van der Waals surface area contributed by atoms with Gasteiger partial charge in [-0.05, 0) is 60.3 Å². The van der Waals surface area contributed by atoms with E-state index in [0.717, 1.165) is 5.56 Å². The number of furan rings is 1. The molecular formula is C23H15ClN2O5S. The molecule has 0 aliphatic carbocycles. The first kappa shape index (κ1) is 21.5. The molecule has 0 spiro atoms. The van der Waals surface area contributed by atoms with Crippen molar-refractivity contribution in [1.82, 2.24) is 10.6 Å². The third-order valence-electron chi connectivity index (χ3n) is 4.52. The number of halogens is 1. The molecule has 0 saturated carbocycles. The zero-order chi connectivity index (χ0) is 22.7. The molecule has 32 heavy (non-hydrogen) atoms. The predicted octanol–water partition coefficient (Wildman–Crippen LogP) is 3.87. The molecule has 2 aromatic carbocycles. The van der Waals surface area contributed by atoms with Crippen LogP contribution < -0.4 is 10.6 Å². The number of nitrogens with one attached hydrogen (secondary N) is 2. The third kappa shape index (κ3) is 4.93. The summed E-state index contributed by atoms with van der Waals surface area (Å²) in [6.45, 7) is 0.114.